The van der Waals surface area contributed by atoms with Crippen LogP contribution in [0.5, 0.6) is 0 Å². The van der Waals surface area contributed by atoms with E-state index >= 15 is 0 Å². The molecular formula is C26H26N4. The van der Waals surface area contributed by atoms with Crippen molar-refractivity contribution in [2.45, 2.75) is 39.5 Å². The first-order chi connectivity index (χ1) is 14.5. The van der Waals surface area contributed by atoms with Gasteiger partial charge in [-0.1, -0.05) is 76.2 Å². The molecule has 0 N–H and O–H groups in total. The zero-order valence-corrected chi connectivity index (χ0v) is 17.9. The first-order valence-electron chi connectivity index (χ1n) is 10.4. The van der Waals surface area contributed by atoms with Crippen LogP contribution in [-0.2, 0) is 0 Å². The molecule has 4 nitrogen and oxygen atoms in total. The Morgan fingerprint density at radius 1 is 0.567 bits per heavy atom. The van der Waals surface area contributed by atoms with Crippen molar-refractivity contribution in [3.8, 4) is 33.8 Å². The van der Waals surface area contributed by atoms with Crippen LogP contribution >= 0.6 is 0 Å². The standard InChI is InChI=1S/C26H26N4/c1-17(2)23-13-14-27-26(30-23)22-11-7-20(8-12-22)19-5-9-21(10-6-19)25-15-24(18(3)4)28-16-29-25/h5-18H,1-4H3. The van der Waals surface area contributed by atoms with E-state index in [-0.39, 0.29) is 0 Å². The number of rotatable bonds is 5. The third-order valence-corrected chi connectivity index (χ3v) is 5.21. The number of aromatic nitrogens is 4. The highest BCUT2D eigenvalue weighted by atomic mass is 14.9. The Morgan fingerprint density at radius 3 is 1.73 bits per heavy atom. The molecular weight excluding hydrogens is 368 g/mol. The summed E-state index contributed by atoms with van der Waals surface area (Å²) >= 11 is 0. The van der Waals surface area contributed by atoms with E-state index in [4.69, 9.17) is 0 Å². The molecule has 0 unspecified atom stereocenters. The summed E-state index contributed by atoms with van der Waals surface area (Å²) in [5.41, 5.74) is 7.53. The third kappa shape index (κ3) is 4.28. The molecule has 0 saturated carbocycles. The monoisotopic (exact) mass is 394 g/mol. The molecule has 0 amide bonds. The maximum atomic E-state index is 4.69. The third-order valence-electron chi connectivity index (χ3n) is 5.21. The summed E-state index contributed by atoms with van der Waals surface area (Å²) in [6.07, 6.45) is 3.48. The van der Waals surface area contributed by atoms with Crippen LogP contribution in [0.1, 0.15) is 50.9 Å². The van der Waals surface area contributed by atoms with Crippen molar-refractivity contribution in [3.05, 3.63) is 84.6 Å². The molecule has 0 atom stereocenters. The summed E-state index contributed by atoms with van der Waals surface area (Å²) in [7, 11) is 0. The fourth-order valence-electron chi connectivity index (χ4n) is 3.32. The summed E-state index contributed by atoms with van der Waals surface area (Å²) < 4.78 is 0. The van der Waals surface area contributed by atoms with Crippen LogP contribution in [0.3, 0.4) is 0 Å². The molecule has 4 heteroatoms. The Morgan fingerprint density at radius 2 is 1.13 bits per heavy atom. The van der Waals surface area contributed by atoms with Crippen molar-refractivity contribution in [1.82, 2.24) is 19.9 Å². The van der Waals surface area contributed by atoms with Crippen LogP contribution in [0.4, 0.5) is 0 Å². The van der Waals surface area contributed by atoms with Crippen LogP contribution in [0.15, 0.2) is 73.2 Å². The van der Waals surface area contributed by atoms with Gasteiger partial charge in [0.05, 0.1) is 5.69 Å². The van der Waals surface area contributed by atoms with Gasteiger partial charge in [-0.3, -0.25) is 0 Å². The van der Waals surface area contributed by atoms with Crippen molar-refractivity contribution in [1.29, 1.82) is 0 Å². The van der Waals surface area contributed by atoms with E-state index in [0.29, 0.717) is 11.8 Å². The van der Waals surface area contributed by atoms with E-state index in [2.05, 4.69) is 102 Å². The second-order valence-corrected chi connectivity index (χ2v) is 8.10. The molecule has 0 aliphatic carbocycles. The molecule has 4 aromatic rings. The van der Waals surface area contributed by atoms with Crippen molar-refractivity contribution in [2.75, 3.05) is 0 Å². The van der Waals surface area contributed by atoms with Gasteiger partial charge in [0.15, 0.2) is 5.82 Å². The lowest BCUT2D eigenvalue weighted by Crippen LogP contribution is -1.96. The smallest absolute Gasteiger partial charge is 0.159 e. The number of hydrogen-bond acceptors (Lipinski definition) is 4. The quantitative estimate of drug-likeness (QED) is 0.387. The van der Waals surface area contributed by atoms with E-state index in [1.165, 1.54) is 5.56 Å². The Labute approximate surface area is 178 Å². The van der Waals surface area contributed by atoms with Crippen LogP contribution in [-0.4, -0.2) is 19.9 Å². The average Bonchev–Trinajstić information content (AvgIpc) is 2.79. The molecule has 2 heterocycles. The van der Waals surface area contributed by atoms with Gasteiger partial charge in [0, 0.05) is 28.7 Å². The SMILES string of the molecule is CC(C)c1cc(-c2ccc(-c3ccc(-c4nccc(C(C)C)n4)cc3)cc2)ncn1. The highest BCUT2D eigenvalue weighted by Gasteiger charge is 2.08. The number of benzene rings is 2. The summed E-state index contributed by atoms with van der Waals surface area (Å²) in [5.74, 6) is 1.54. The van der Waals surface area contributed by atoms with Crippen LogP contribution in [0.2, 0.25) is 0 Å². The zero-order valence-electron chi connectivity index (χ0n) is 17.9. The highest BCUT2D eigenvalue weighted by molar-refractivity contribution is 5.71. The lowest BCUT2D eigenvalue weighted by molar-refractivity contribution is 0.815. The largest absolute Gasteiger partial charge is 0.241 e. The average molecular weight is 395 g/mol. The molecule has 0 radical (unpaired) electrons. The van der Waals surface area contributed by atoms with Gasteiger partial charge in [0.25, 0.3) is 0 Å². The lowest BCUT2D eigenvalue weighted by Gasteiger charge is -2.09. The molecule has 0 saturated heterocycles. The summed E-state index contributed by atoms with van der Waals surface area (Å²) in [6, 6.07) is 21.0. The van der Waals surface area contributed by atoms with Crippen molar-refractivity contribution < 1.29 is 0 Å². The fraction of sp³-hybridized carbons (Fsp3) is 0.231. The number of hydrogen-bond donors (Lipinski definition) is 0. The van der Waals surface area contributed by atoms with Crippen LogP contribution in [0, 0.1) is 0 Å². The normalized spacial score (nSPS) is 11.3. The molecule has 2 aromatic carbocycles. The van der Waals surface area contributed by atoms with Gasteiger partial charge >= 0.3 is 0 Å². The van der Waals surface area contributed by atoms with Gasteiger partial charge in [-0.15, -0.1) is 0 Å². The lowest BCUT2D eigenvalue weighted by atomic mass is 10.0. The summed E-state index contributed by atoms with van der Waals surface area (Å²) in [6.45, 7) is 8.57. The minimum atomic E-state index is 0.384. The van der Waals surface area contributed by atoms with Gasteiger partial charge < -0.3 is 0 Å². The Balaban J connectivity index is 1.57. The van der Waals surface area contributed by atoms with E-state index in [9.17, 15) is 0 Å². The van der Waals surface area contributed by atoms with Crippen LogP contribution < -0.4 is 0 Å². The molecule has 0 aliphatic rings. The molecule has 0 aliphatic heterocycles. The minimum absolute atomic E-state index is 0.384. The second kappa shape index (κ2) is 8.54. The molecule has 2 aromatic heterocycles. The maximum Gasteiger partial charge on any atom is 0.159 e. The molecule has 150 valence electrons. The predicted octanol–water partition coefficient (Wildman–Crippen LogP) is 6.51. The van der Waals surface area contributed by atoms with Crippen molar-refractivity contribution in [3.63, 3.8) is 0 Å². The molecule has 0 spiro atoms. The molecule has 0 bridgehead atoms. The van der Waals surface area contributed by atoms with E-state index < -0.39 is 0 Å². The van der Waals surface area contributed by atoms with Gasteiger partial charge in [-0.25, -0.2) is 19.9 Å². The molecule has 30 heavy (non-hydrogen) atoms. The topological polar surface area (TPSA) is 51.6 Å². The maximum absolute atomic E-state index is 4.69. The van der Waals surface area contributed by atoms with Crippen molar-refractivity contribution in [2.24, 2.45) is 0 Å². The Bertz CT molecular complexity index is 1040. The van der Waals surface area contributed by atoms with Crippen molar-refractivity contribution >= 4 is 0 Å². The van der Waals surface area contributed by atoms with E-state index in [1.54, 1.807) is 6.33 Å². The molecule has 0 fully saturated rings. The second-order valence-electron chi connectivity index (χ2n) is 8.10. The molecule has 4 rings (SSSR count). The number of nitrogens with zero attached hydrogens (tertiary/aromatic N) is 4. The first kappa shape index (κ1) is 19.9. The Kier molecular flexibility index (Phi) is 5.66. The zero-order chi connectivity index (χ0) is 21.1. The van der Waals surface area contributed by atoms with Gasteiger partial charge in [-0.2, -0.15) is 0 Å². The highest BCUT2D eigenvalue weighted by Crippen LogP contribution is 2.27. The fourth-order valence-corrected chi connectivity index (χ4v) is 3.32. The summed E-state index contributed by atoms with van der Waals surface area (Å²) in [5, 5.41) is 0. The van der Waals surface area contributed by atoms with Gasteiger partial charge in [0.2, 0.25) is 0 Å². The predicted molar refractivity (Wildman–Crippen MR) is 122 cm³/mol. The summed E-state index contributed by atoms with van der Waals surface area (Å²) in [4.78, 5) is 17.9. The Hall–Kier alpha value is -3.40. The minimum Gasteiger partial charge on any atom is -0.241 e. The van der Waals surface area contributed by atoms with E-state index in [1.807, 2.05) is 12.3 Å². The van der Waals surface area contributed by atoms with Gasteiger partial charge in [0.1, 0.15) is 6.33 Å². The van der Waals surface area contributed by atoms with Crippen LogP contribution in [0.25, 0.3) is 33.8 Å². The first-order valence-corrected chi connectivity index (χ1v) is 10.4. The van der Waals surface area contributed by atoms with E-state index in [0.717, 1.165) is 39.6 Å². The van der Waals surface area contributed by atoms with Gasteiger partial charge in [-0.05, 0) is 35.1 Å².